The summed E-state index contributed by atoms with van der Waals surface area (Å²) in [5.41, 5.74) is 0.245. The first-order valence-corrected chi connectivity index (χ1v) is 25.6. The van der Waals surface area contributed by atoms with E-state index in [0.717, 1.165) is 49.7 Å². The molecule has 72 heavy (non-hydrogen) atoms. The molecule has 0 radical (unpaired) electrons. The molecule has 12 atom stereocenters. The lowest BCUT2D eigenvalue weighted by molar-refractivity contribution is -0.298. The normalized spacial score (nSPS) is 30.2. The number of fused-ring (bicyclic) bond motifs is 4. The van der Waals surface area contributed by atoms with E-state index in [4.69, 9.17) is 33.3 Å². The molecule has 19 nitrogen and oxygen atoms in total. The number of unbranched alkanes of at least 4 members (excludes halogenated alkanes) is 4. The number of nitrogens with one attached hydrogen (secondary N) is 2. The molecule has 0 spiro atoms. The maximum Gasteiger partial charge on any atom is 0.327 e. The van der Waals surface area contributed by atoms with Crippen molar-refractivity contribution in [1.29, 1.82) is 0 Å². The van der Waals surface area contributed by atoms with Crippen molar-refractivity contribution >= 4 is 29.8 Å². The van der Waals surface area contributed by atoms with E-state index in [1.165, 1.54) is 5.06 Å². The van der Waals surface area contributed by atoms with Gasteiger partial charge in [-0.05, 0) is 68.9 Å². The van der Waals surface area contributed by atoms with Crippen molar-refractivity contribution < 1.29 is 78.0 Å². The van der Waals surface area contributed by atoms with Crippen LogP contribution in [0.2, 0.25) is 0 Å². The Balaban J connectivity index is 1.10. The summed E-state index contributed by atoms with van der Waals surface area (Å²) in [6.07, 6.45) is 0.574. The van der Waals surface area contributed by atoms with Crippen LogP contribution in [-0.4, -0.2) is 153 Å². The van der Waals surface area contributed by atoms with Gasteiger partial charge in [0.25, 0.3) is 5.91 Å². The van der Waals surface area contributed by atoms with E-state index in [2.05, 4.69) is 24.5 Å². The van der Waals surface area contributed by atoms with Gasteiger partial charge in [-0.2, -0.15) is 5.06 Å². The summed E-state index contributed by atoms with van der Waals surface area (Å²) in [5, 5.41) is 57.6. The van der Waals surface area contributed by atoms with Crippen molar-refractivity contribution in [3.63, 3.8) is 0 Å². The van der Waals surface area contributed by atoms with Crippen molar-refractivity contribution in [3.05, 3.63) is 76.9 Å². The molecule has 398 valence electrons. The fourth-order valence-corrected chi connectivity index (χ4v) is 10.5. The van der Waals surface area contributed by atoms with Crippen LogP contribution in [0.3, 0.4) is 0 Å². The first-order chi connectivity index (χ1) is 34.4. The van der Waals surface area contributed by atoms with Gasteiger partial charge in [0.15, 0.2) is 18.1 Å². The Morgan fingerprint density at radius 3 is 2.32 bits per heavy atom. The van der Waals surface area contributed by atoms with Crippen molar-refractivity contribution in [2.75, 3.05) is 19.8 Å². The highest BCUT2D eigenvalue weighted by Crippen LogP contribution is 2.58. The van der Waals surface area contributed by atoms with Gasteiger partial charge in [-0.3, -0.25) is 24.0 Å². The topological polar surface area (TPSA) is 261 Å². The van der Waals surface area contributed by atoms with E-state index in [9.17, 15) is 39.9 Å². The highest BCUT2D eigenvalue weighted by atomic mass is 16.8. The average Bonchev–Trinajstić information content (AvgIpc) is 3.91. The maximum atomic E-state index is 15.2. The molecule has 19 heteroatoms. The molecule has 4 heterocycles. The van der Waals surface area contributed by atoms with Crippen LogP contribution in [-0.2, 0) is 60.7 Å². The monoisotopic (exact) mass is 1010 g/mol. The maximum absolute atomic E-state index is 15.2. The molecule has 5 fully saturated rings. The second-order valence-corrected chi connectivity index (χ2v) is 20.8. The zero-order chi connectivity index (χ0) is 51.8. The first-order valence-electron chi connectivity index (χ1n) is 25.6. The van der Waals surface area contributed by atoms with E-state index >= 15 is 4.79 Å². The number of esters is 2. The molecule has 2 aromatic carbocycles. The van der Waals surface area contributed by atoms with E-state index in [1.54, 1.807) is 57.2 Å². The number of nitrogens with zero attached hydrogens (tertiary/aromatic N) is 1. The Bertz CT molecular complexity index is 2190. The number of aliphatic hydroxyl groups excluding tert-OH is 5. The van der Waals surface area contributed by atoms with Gasteiger partial charge in [0, 0.05) is 37.8 Å². The molecule has 2 bridgehead atoms. The van der Waals surface area contributed by atoms with Crippen LogP contribution < -0.4 is 10.6 Å². The summed E-state index contributed by atoms with van der Waals surface area (Å²) in [5.74, 6) is -2.92. The Labute approximate surface area is 421 Å². The Hall–Kier alpha value is -4.38. The second kappa shape index (κ2) is 24.3. The SMILES string of the molecule is CCCCCC1(CCCCC)O[C@@H]2[C@H]3ON(Cc4cccc(C=CCO[C@H]5O[C@H](CO)[C@H](O)[C@H](O)[C@H]5O)c4)[C@H]4C(=O)OC(CC34C(=O)NCc3cccc(C(=O)N[C@H](CO)CCC(=O)OC(C)(C)C)c3)[C@@H]2O1. The largest absolute Gasteiger partial charge is 0.460 e. The number of hydroxylamine groups is 2. The zero-order valence-corrected chi connectivity index (χ0v) is 42.1. The van der Waals surface area contributed by atoms with Crippen LogP contribution in [0.25, 0.3) is 6.08 Å². The van der Waals surface area contributed by atoms with Crippen LogP contribution in [0.5, 0.6) is 0 Å². The standard InChI is InChI=1S/C53H75N3O16/c1-6-8-10-22-52(23-11-9-7-2)70-43-37-27-53(50(65)54-28-33-16-13-19-35(26-33)47(63)55-36(30-57)20-21-39(59)69-51(3,4)5)45(48(64)67-37)56(72-46(53)44(43)71-52)29-34-17-12-15-32(25-34)18-14-24-66-49-42(62)41(61)40(60)38(31-58)68-49/h12-19,25-26,36-38,40-46,49,57-58,60-62H,6-11,20-24,27-31H2,1-5H3,(H,54,65)(H,55,63)/t36-,37?,38+,40-,41-,42+,43-,44-,45-,46+,49-,53?/m0/s1. The summed E-state index contributed by atoms with van der Waals surface area (Å²) in [7, 11) is 0. The molecule has 2 unspecified atom stereocenters. The average molecular weight is 1010 g/mol. The second-order valence-electron chi connectivity index (χ2n) is 20.8. The van der Waals surface area contributed by atoms with Crippen molar-refractivity contribution in [1.82, 2.24) is 15.7 Å². The van der Waals surface area contributed by atoms with Gasteiger partial charge in [0.1, 0.15) is 59.8 Å². The summed E-state index contributed by atoms with van der Waals surface area (Å²) in [4.78, 5) is 62.2. The fraction of sp³-hybridized carbons (Fsp3) is 0.660. The van der Waals surface area contributed by atoms with E-state index in [0.29, 0.717) is 18.4 Å². The van der Waals surface area contributed by atoms with E-state index in [-0.39, 0.29) is 51.1 Å². The van der Waals surface area contributed by atoms with Gasteiger partial charge in [0.2, 0.25) is 5.91 Å². The van der Waals surface area contributed by atoms with Crippen molar-refractivity contribution in [3.8, 4) is 0 Å². The molecule has 4 aliphatic heterocycles. The van der Waals surface area contributed by atoms with E-state index < -0.39 is 114 Å². The van der Waals surface area contributed by atoms with Crippen molar-refractivity contribution in [2.24, 2.45) is 5.41 Å². The smallest absolute Gasteiger partial charge is 0.327 e. The predicted octanol–water partition coefficient (Wildman–Crippen LogP) is 3.49. The molecule has 1 aliphatic carbocycles. The molecule has 7 rings (SSSR count). The Kier molecular flexibility index (Phi) is 18.7. The molecule has 2 aromatic rings. The van der Waals surface area contributed by atoms with Gasteiger partial charge in [-0.1, -0.05) is 88.1 Å². The van der Waals surface area contributed by atoms with Crippen LogP contribution in [0.1, 0.15) is 132 Å². The summed E-state index contributed by atoms with van der Waals surface area (Å²) < 4.78 is 36.6. The van der Waals surface area contributed by atoms with Gasteiger partial charge < -0.3 is 64.6 Å². The molecule has 0 aromatic heterocycles. The van der Waals surface area contributed by atoms with Gasteiger partial charge in [0.05, 0.1) is 32.4 Å². The Morgan fingerprint density at radius 2 is 1.62 bits per heavy atom. The molecular formula is C53H75N3O16. The summed E-state index contributed by atoms with van der Waals surface area (Å²) >= 11 is 0. The fourth-order valence-electron chi connectivity index (χ4n) is 10.5. The molecular weight excluding hydrogens is 935 g/mol. The minimum atomic E-state index is -1.57. The number of rotatable bonds is 24. The summed E-state index contributed by atoms with van der Waals surface area (Å²) in [6.45, 7) is 8.64. The number of carbonyl (C=O) groups is 4. The van der Waals surface area contributed by atoms with Gasteiger partial charge in [-0.25, -0.2) is 0 Å². The third-order valence-corrected chi connectivity index (χ3v) is 14.1. The third kappa shape index (κ3) is 12.7. The lowest BCUT2D eigenvalue weighted by Crippen LogP contribution is -2.69. The third-order valence-electron chi connectivity index (χ3n) is 14.1. The van der Waals surface area contributed by atoms with Crippen LogP contribution in [0.4, 0.5) is 0 Å². The van der Waals surface area contributed by atoms with Crippen LogP contribution in [0.15, 0.2) is 54.6 Å². The molecule has 4 saturated heterocycles. The number of benzene rings is 2. The lowest BCUT2D eigenvalue weighted by Gasteiger charge is -2.48. The zero-order valence-electron chi connectivity index (χ0n) is 42.1. The first kappa shape index (κ1) is 55.4. The quantitative estimate of drug-likeness (QED) is 0.0587. The number of carbonyl (C=O) groups excluding carboxylic acids is 4. The minimum absolute atomic E-state index is 0.000827. The number of hydrogen-bond acceptors (Lipinski definition) is 17. The molecule has 2 amide bonds. The van der Waals surface area contributed by atoms with Gasteiger partial charge >= 0.3 is 11.9 Å². The highest BCUT2D eigenvalue weighted by Gasteiger charge is 2.76. The number of amides is 2. The number of ether oxygens (including phenoxy) is 6. The van der Waals surface area contributed by atoms with Crippen LogP contribution in [0, 0.1) is 5.41 Å². The van der Waals surface area contributed by atoms with E-state index in [1.807, 2.05) is 24.3 Å². The van der Waals surface area contributed by atoms with Gasteiger partial charge in [-0.15, -0.1) is 0 Å². The molecule has 5 aliphatic rings. The van der Waals surface area contributed by atoms with Crippen LogP contribution >= 0.6 is 0 Å². The minimum Gasteiger partial charge on any atom is -0.460 e. The summed E-state index contributed by atoms with van der Waals surface area (Å²) in [6, 6.07) is 12.3. The molecule has 1 saturated carbocycles. The number of aliphatic hydroxyl groups is 5. The highest BCUT2D eigenvalue weighted by molar-refractivity contribution is 5.95. The van der Waals surface area contributed by atoms with Crippen molar-refractivity contribution in [2.45, 2.75) is 197 Å². The Morgan fingerprint density at radius 1 is 0.917 bits per heavy atom. The molecule has 7 N–H and O–H groups in total. The predicted molar refractivity (Wildman–Crippen MR) is 259 cm³/mol. The number of hydrogen-bond donors (Lipinski definition) is 7. The lowest BCUT2D eigenvalue weighted by atomic mass is 9.62.